The lowest BCUT2D eigenvalue weighted by Crippen LogP contribution is -2.14. The highest BCUT2D eigenvalue weighted by Crippen LogP contribution is 2.46. The summed E-state index contributed by atoms with van der Waals surface area (Å²) >= 11 is 0. The van der Waals surface area contributed by atoms with Crippen LogP contribution in [0.25, 0.3) is 0 Å². The molecule has 0 unspecified atom stereocenters. The Balaban J connectivity index is 2.44. The van der Waals surface area contributed by atoms with Crippen LogP contribution in [-0.2, 0) is 16.9 Å². The van der Waals surface area contributed by atoms with E-state index in [4.69, 9.17) is 0 Å². The first-order valence-electron chi connectivity index (χ1n) is 9.75. The molecule has 12 heteroatoms. The van der Waals surface area contributed by atoms with Crippen LogP contribution in [0, 0.1) is 6.92 Å². The summed E-state index contributed by atoms with van der Waals surface area (Å²) in [5.41, 5.74) is -2.11. The van der Waals surface area contributed by atoms with Crippen LogP contribution >= 0.6 is 7.14 Å². The van der Waals surface area contributed by atoms with Crippen molar-refractivity contribution in [3.63, 3.8) is 0 Å². The molecule has 0 aliphatic rings. The van der Waals surface area contributed by atoms with Crippen molar-refractivity contribution in [2.75, 3.05) is 24.0 Å². The van der Waals surface area contributed by atoms with Crippen molar-refractivity contribution in [3.8, 4) is 0 Å². The van der Waals surface area contributed by atoms with Gasteiger partial charge in [0.15, 0.2) is 0 Å². The topological polar surface area (TPSA) is 66.9 Å². The Morgan fingerprint density at radius 1 is 1.06 bits per heavy atom. The predicted octanol–water partition coefficient (Wildman–Crippen LogP) is 7.57. The molecule has 34 heavy (non-hydrogen) atoms. The number of hydrogen-bond donors (Lipinski definition) is 2. The molecule has 0 aliphatic carbocycles. The van der Waals surface area contributed by atoms with E-state index in [2.05, 4.69) is 27.2 Å². The number of allylic oxidation sites excluding steroid dienone is 5. The summed E-state index contributed by atoms with van der Waals surface area (Å²) in [7, 11) is -2.58. The molecule has 0 bridgehead atoms. The SMILES string of the molecule is C=C/C(=C\C=C(/C)Nc1ncc(C(F)(F)F)c(Nc2ccc(C)c(C(F)(F)F)c2)n1)P(C)(C)=O. The third-order valence-corrected chi connectivity index (χ3v) is 6.12. The van der Waals surface area contributed by atoms with Crippen molar-refractivity contribution in [1.82, 2.24) is 9.97 Å². The molecule has 0 saturated heterocycles. The second-order valence-corrected chi connectivity index (χ2v) is 10.9. The number of aromatic nitrogens is 2. The van der Waals surface area contributed by atoms with E-state index in [1.165, 1.54) is 25.1 Å². The van der Waals surface area contributed by atoms with E-state index < -0.39 is 36.4 Å². The van der Waals surface area contributed by atoms with Crippen LogP contribution in [0.1, 0.15) is 23.6 Å². The van der Waals surface area contributed by atoms with E-state index >= 15 is 0 Å². The summed E-state index contributed by atoms with van der Waals surface area (Å²) in [6.45, 7) is 9.55. The van der Waals surface area contributed by atoms with Crippen molar-refractivity contribution < 1.29 is 30.9 Å². The van der Waals surface area contributed by atoms with Gasteiger partial charge in [0.1, 0.15) is 18.5 Å². The van der Waals surface area contributed by atoms with Gasteiger partial charge in [0.2, 0.25) is 5.95 Å². The molecule has 1 aromatic heterocycles. The molecule has 184 valence electrons. The van der Waals surface area contributed by atoms with E-state index in [-0.39, 0.29) is 17.2 Å². The fraction of sp³-hybridized carbons (Fsp3) is 0.273. The van der Waals surface area contributed by atoms with E-state index in [1.807, 2.05) is 0 Å². The second kappa shape index (κ2) is 10.0. The first-order valence-corrected chi connectivity index (χ1v) is 12.3. The minimum absolute atomic E-state index is 0.0736. The molecule has 0 atom stereocenters. The fourth-order valence-electron chi connectivity index (χ4n) is 2.78. The van der Waals surface area contributed by atoms with Gasteiger partial charge in [-0.2, -0.15) is 31.3 Å². The number of halogens is 6. The Bertz CT molecular complexity index is 1180. The Kier molecular flexibility index (Phi) is 8.03. The first-order chi connectivity index (χ1) is 15.5. The van der Waals surface area contributed by atoms with Gasteiger partial charge in [-0.25, -0.2) is 4.98 Å². The van der Waals surface area contributed by atoms with E-state index in [0.717, 1.165) is 6.07 Å². The van der Waals surface area contributed by atoms with Gasteiger partial charge in [0.25, 0.3) is 0 Å². The fourth-order valence-corrected chi connectivity index (χ4v) is 3.66. The number of nitrogens with zero attached hydrogens (tertiary/aromatic N) is 2. The van der Waals surface area contributed by atoms with Gasteiger partial charge < -0.3 is 15.2 Å². The average molecular weight is 504 g/mol. The van der Waals surface area contributed by atoms with Crippen molar-refractivity contribution in [3.05, 3.63) is 76.9 Å². The number of nitrogens with one attached hydrogen (secondary N) is 2. The zero-order valence-electron chi connectivity index (χ0n) is 18.8. The summed E-state index contributed by atoms with van der Waals surface area (Å²) in [5, 5.41) is 5.51. The minimum atomic E-state index is -4.85. The van der Waals surface area contributed by atoms with Crippen molar-refractivity contribution in [2.45, 2.75) is 26.2 Å². The lowest BCUT2D eigenvalue weighted by Gasteiger charge is -2.17. The molecular formula is C22H23F6N4OP. The highest BCUT2D eigenvalue weighted by molar-refractivity contribution is 7.66. The molecule has 0 amide bonds. The Hall–Kier alpha value is -3.07. The van der Waals surface area contributed by atoms with Gasteiger partial charge >= 0.3 is 12.4 Å². The zero-order valence-corrected chi connectivity index (χ0v) is 19.7. The molecule has 1 aromatic carbocycles. The maximum atomic E-state index is 13.5. The highest BCUT2D eigenvalue weighted by Gasteiger charge is 2.36. The van der Waals surface area contributed by atoms with Crippen molar-refractivity contribution in [2.24, 2.45) is 0 Å². The summed E-state index contributed by atoms with van der Waals surface area (Å²) in [6, 6.07) is 3.08. The summed E-state index contributed by atoms with van der Waals surface area (Å²) in [5.74, 6) is -0.944. The van der Waals surface area contributed by atoms with Crippen LogP contribution < -0.4 is 10.6 Å². The molecule has 2 N–H and O–H groups in total. The number of anilines is 3. The molecule has 1 heterocycles. The smallest absolute Gasteiger partial charge is 0.340 e. The second-order valence-electron chi connectivity index (χ2n) is 7.73. The molecule has 2 aromatic rings. The van der Waals surface area contributed by atoms with Crippen molar-refractivity contribution in [1.29, 1.82) is 0 Å². The third-order valence-electron chi connectivity index (χ3n) is 4.54. The van der Waals surface area contributed by atoms with E-state index in [0.29, 0.717) is 23.3 Å². The van der Waals surface area contributed by atoms with Crippen LogP contribution in [0.5, 0.6) is 0 Å². The number of hydrogen-bond acceptors (Lipinski definition) is 5. The van der Waals surface area contributed by atoms with Gasteiger partial charge in [-0.1, -0.05) is 18.7 Å². The number of benzene rings is 1. The molecule has 2 rings (SSSR count). The highest BCUT2D eigenvalue weighted by atomic mass is 31.2. The number of aryl methyl sites for hydroxylation is 1. The quantitative estimate of drug-likeness (QED) is 0.231. The van der Waals surface area contributed by atoms with Crippen LogP contribution in [0.4, 0.5) is 43.8 Å². The third kappa shape index (κ3) is 7.21. The lowest BCUT2D eigenvalue weighted by atomic mass is 10.1. The summed E-state index contributed by atoms with van der Waals surface area (Å²) in [6.07, 6.45) is -4.48. The Labute approximate surface area is 193 Å². The molecule has 5 nitrogen and oxygen atoms in total. The normalized spacial score (nSPS) is 13.6. The standard InChI is InChI=1S/C22H23F6N4OP/c1-6-16(34(4,5)33)10-8-14(3)30-20-29-12-18(22(26,27)28)19(32-20)31-15-9-7-13(2)17(11-15)21(23,24)25/h6-12H,1H2,2-5H3,(H2,29,30,31,32)/b14-8+,16-10+. The van der Waals surface area contributed by atoms with Crippen molar-refractivity contribution >= 4 is 24.6 Å². The van der Waals surface area contributed by atoms with Crippen LogP contribution in [0.3, 0.4) is 0 Å². The summed E-state index contributed by atoms with van der Waals surface area (Å²) < 4.78 is 92.1. The molecule has 0 saturated carbocycles. The van der Waals surface area contributed by atoms with Crippen LogP contribution in [-0.4, -0.2) is 23.3 Å². The number of alkyl halides is 6. The molecule has 0 spiro atoms. The minimum Gasteiger partial charge on any atom is -0.340 e. The molecular weight excluding hydrogens is 481 g/mol. The maximum absolute atomic E-state index is 13.5. The molecule has 0 fully saturated rings. The average Bonchev–Trinajstić information content (AvgIpc) is 2.67. The molecule has 0 aliphatic heterocycles. The van der Waals surface area contributed by atoms with Gasteiger partial charge in [-0.05, 0) is 57.0 Å². The zero-order chi connectivity index (χ0) is 25.9. The Morgan fingerprint density at radius 3 is 2.21 bits per heavy atom. The monoisotopic (exact) mass is 504 g/mol. The molecule has 0 radical (unpaired) electrons. The first kappa shape index (κ1) is 27.2. The summed E-state index contributed by atoms with van der Waals surface area (Å²) in [4.78, 5) is 7.47. The van der Waals surface area contributed by atoms with Crippen LogP contribution in [0.15, 0.2) is 60.2 Å². The number of rotatable bonds is 7. The van der Waals surface area contributed by atoms with Gasteiger partial charge in [-0.15, -0.1) is 0 Å². The van der Waals surface area contributed by atoms with Gasteiger partial charge in [0.05, 0.1) is 5.56 Å². The van der Waals surface area contributed by atoms with E-state index in [1.54, 1.807) is 26.3 Å². The Morgan fingerprint density at radius 2 is 1.68 bits per heavy atom. The van der Waals surface area contributed by atoms with Gasteiger partial charge in [0, 0.05) is 22.9 Å². The lowest BCUT2D eigenvalue weighted by molar-refractivity contribution is -0.138. The van der Waals surface area contributed by atoms with E-state index in [9.17, 15) is 30.9 Å². The van der Waals surface area contributed by atoms with Crippen LogP contribution in [0.2, 0.25) is 0 Å². The van der Waals surface area contributed by atoms with Gasteiger partial charge in [-0.3, -0.25) is 0 Å². The predicted molar refractivity (Wildman–Crippen MR) is 122 cm³/mol. The maximum Gasteiger partial charge on any atom is 0.421 e. The largest absolute Gasteiger partial charge is 0.421 e.